The van der Waals surface area contributed by atoms with Crippen LogP contribution in [0, 0.1) is 6.92 Å². The molecule has 2 aromatic heterocycles. The molecule has 0 fully saturated rings. The first-order valence-corrected chi connectivity index (χ1v) is 4.17. The minimum absolute atomic E-state index is 0.389. The van der Waals surface area contributed by atoms with E-state index in [9.17, 15) is 0 Å². The lowest BCUT2D eigenvalue weighted by Gasteiger charge is -2.06. The lowest BCUT2D eigenvalue weighted by atomic mass is 10.2. The normalized spacial score (nSPS) is 13.1. The molecular formula is C7H11N7. The molecule has 1 unspecified atom stereocenters. The van der Waals surface area contributed by atoms with Gasteiger partial charge in [-0.1, -0.05) is 0 Å². The van der Waals surface area contributed by atoms with Crippen LogP contribution in [0.25, 0.3) is 0 Å². The molecule has 2 rings (SSSR count). The number of hydrogen-bond donors (Lipinski definition) is 2. The summed E-state index contributed by atoms with van der Waals surface area (Å²) in [4.78, 5) is 0. The molecular weight excluding hydrogens is 182 g/mol. The highest BCUT2D eigenvalue weighted by Crippen LogP contribution is 2.13. The fourth-order valence-corrected chi connectivity index (χ4v) is 1.19. The standard InChI is InChI=1S/C7H11N7/c1-4-10-12-7(14(4)2)6(8)5-3-9-13-11-5/h3,6H,8H2,1-2H3,(H,9,11,13). The molecule has 3 N–H and O–H groups in total. The molecule has 0 aliphatic carbocycles. The maximum atomic E-state index is 5.93. The molecule has 0 spiro atoms. The van der Waals surface area contributed by atoms with Crippen molar-refractivity contribution in [3.05, 3.63) is 23.5 Å². The Morgan fingerprint density at radius 3 is 2.79 bits per heavy atom. The van der Waals surface area contributed by atoms with E-state index in [2.05, 4.69) is 25.6 Å². The highest BCUT2D eigenvalue weighted by atomic mass is 15.3. The highest BCUT2D eigenvalue weighted by molar-refractivity contribution is 5.12. The van der Waals surface area contributed by atoms with E-state index in [1.807, 2.05) is 18.5 Å². The lowest BCUT2D eigenvalue weighted by molar-refractivity contribution is 0.687. The average molecular weight is 193 g/mol. The van der Waals surface area contributed by atoms with Crippen LogP contribution in [0.5, 0.6) is 0 Å². The third-order valence-corrected chi connectivity index (χ3v) is 2.16. The summed E-state index contributed by atoms with van der Waals surface area (Å²) in [6.07, 6.45) is 1.58. The summed E-state index contributed by atoms with van der Waals surface area (Å²) < 4.78 is 1.83. The fourth-order valence-electron chi connectivity index (χ4n) is 1.19. The zero-order chi connectivity index (χ0) is 10.1. The van der Waals surface area contributed by atoms with Gasteiger partial charge in [0.1, 0.15) is 17.6 Å². The molecule has 1 atom stereocenters. The van der Waals surface area contributed by atoms with Crippen LogP contribution >= 0.6 is 0 Å². The highest BCUT2D eigenvalue weighted by Gasteiger charge is 2.17. The molecule has 0 bridgehead atoms. The van der Waals surface area contributed by atoms with E-state index in [0.717, 1.165) is 5.82 Å². The second-order valence-electron chi connectivity index (χ2n) is 3.04. The van der Waals surface area contributed by atoms with Gasteiger partial charge >= 0.3 is 0 Å². The number of nitrogens with one attached hydrogen (secondary N) is 1. The summed E-state index contributed by atoms with van der Waals surface area (Å²) in [6, 6.07) is -0.389. The van der Waals surface area contributed by atoms with Gasteiger partial charge in [0.25, 0.3) is 0 Å². The third kappa shape index (κ3) is 1.27. The van der Waals surface area contributed by atoms with Gasteiger partial charge in [-0.3, -0.25) is 0 Å². The first-order valence-electron chi connectivity index (χ1n) is 4.17. The summed E-state index contributed by atoms with van der Waals surface area (Å²) in [5.41, 5.74) is 6.58. The number of aryl methyl sites for hydroxylation is 1. The number of nitrogens with zero attached hydrogens (tertiary/aromatic N) is 5. The van der Waals surface area contributed by atoms with E-state index in [0.29, 0.717) is 11.5 Å². The van der Waals surface area contributed by atoms with Crippen molar-refractivity contribution in [3.63, 3.8) is 0 Å². The van der Waals surface area contributed by atoms with Crippen LogP contribution in [-0.4, -0.2) is 30.2 Å². The number of H-pyrrole nitrogens is 1. The number of hydrogen-bond acceptors (Lipinski definition) is 5. The largest absolute Gasteiger partial charge is 0.317 e. The Morgan fingerprint density at radius 1 is 1.50 bits per heavy atom. The van der Waals surface area contributed by atoms with Crippen molar-refractivity contribution in [3.8, 4) is 0 Å². The summed E-state index contributed by atoms with van der Waals surface area (Å²) >= 11 is 0. The Labute approximate surface area is 80.3 Å². The van der Waals surface area contributed by atoms with Crippen LogP contribution < -0.4 is 5.73 Å². The van der Waals surface area contributed by atoms with E-state index in [-0.39, 0.29) is 6.04 Å². The molecule has 0 radical (unpaired) electrons. The molecule has 0 saturated carbocycles. The van der Waals surface area contributed by atoms with Crippen molar-refractivity contribution in [1.82, 2.24) is 30.2 Å². The topological polar surface area (TPSA) is 98.3 Å². The van der Waals surface area contributed by atoms with Crippen molar-refractivity contribution in [2.75, 3.05) is 0 Å². The second-order valence-corrected chi connectivity index (χ2v) is 3.04. The molecule has 7 heteroatoms. The zero-order valence-corrected chi connectivity index (χ0v) is 7.97. The monoisotopic (exact) mass is 193 g/mol. The Kier molecular flexibility index (Phi) is 2.01. The molecule has 0 saturated heterocycles. The fraction of sp³-hybridized carbons (Fsp3) is 0.429. The van der Waals surface area contributed by atoms with Gasteiger partial charge in [0, 0.05) is 7.05 Å². The van der Waals surface area contributed by atoms with Crippen LogP contribution in [0.2, 0.25) is 0 Å². The third-order valence-electron chi connectivity index (χ3n) is 2.16. The molecule has 0 aliphatic heterocycles. The molecule has 14 heavy (non-hydrogen) atoms. The van der Waals surface area contributed by atoms with Crippen LogP contribution in [0.3, 0.4) is 0 Å². The predicted octanol–water partition coefficient (Wildman–Crippen LogP) is -0.710. The van der Waals surface area contributed by atoms with Gasteiger partial charge < -0.3 is 10.3 Å². The van der Waals surface area contributed by atoms with Crippen molar-refractivity contribution >= 4 is 0 Å². The molecule has 2 heterocycles. The van der Waals surface area contributed by atoms with Crippen LogP contribution in [-0.2, 0) is 7.05 Å². The van der Waals surface area contributed by atoms with Gasteiger partial charge in [-0.15, -0.1) is 10.2 Å². The quantitative estimate of drug-likeness (QED) is 0.656. The molecule has 0 amide bonds. The van der Waals surface area contributed by atoms with Crippen molar-refractivity contribution < 1.29 is 0 Å². The van der Waals surface area contributed by atoms with Gasteiger partial charge in [0.15, 0.2) is 5.82 Å². The minimum Gasteiger partial charge on any atom is -0.317 e. The summed E-state index contributed by atoms with van der Waals surface area (Å²) in [5.74, 6) is 1.50. The van der Waals surface area contributed by atoms with Gasteiger partial charge in [-0.25, -0.2) is 0 Å². The SMILES string of the molecule is Cc1nnc(C(N)c2cn[nH]n2)n1C. The van der Waals surface area contributed by atoms with E-state index < -0.39 is 0 Å². The van der Waals surface area contributed by atoms with Crippen molar-refractivity contribution in [2.24, 2.45) is 12.8 Å². The first kappa shape index (κ1) is 8.82. The average Bonchev–Trinajstić information content (AvgIpc) is 2.77. The minimum atomic E-state index is -0.389. The van der Waals surface area contributed by atoms with E-state index in [1.54, 1.807) is 6.20 Å². The molecule has 7 nitrogen and oxygen atoms in total. The van der Waals surface area contributed by atoms with Crippen LogP contribution in [0.4, 0.5) is 0 Å². The van der Waals surface area contributed by atoms with Gasteiger partial charge in [0.2, 0.25) is 0 Å². The Balaban J connectivity index is 2.36. The Bertz CT molecular complexity index is 415. The molecule has 0 aliphatic rings. The lowest BCUT2D eigenvalue weighted by Crippen LogP contribution is -2.17. The van der Waals surface area contributed by atoms with Gasteiger partial charge in [-0.2, -0.15) is 15.4 Å². The first-order chi connectivity index (χ1) is 6.70. The predicted molar refractivity (Wildman–Crippen MR) is 48.2 cm³/mol. The van der Waals surface area contributed by atoms with E-state index >= 15 is 0 Å². The maximum absolute atomic E-state index is 5.93. The molecule has 0 aromatic carbocycles. The van der Waals surface area contributed by atoms with E-state index in [4.69, 9.17) is 5.73 Å². The summed E-state index contributed by atoms with van der Waals surface area (Å²) in [5, 5.41) is 18.0. The molecule has 74 valence electrons. The number of rotatable bonds is 2. The number of aromatic nitrogens is 6. The van der Waals surface area contributed by atoms with E-state index in [1.165, 1.54) is 0 Å². The van der Waals surface area contributed by atoms with Crippen LogP contribution in [0.1, 0.15) is 23.4 Å². The van der Waals surface area contributed by atoms with Gasteiger partial charge in [-0.05, 0) is 6.92 Å². The molecule has 2 aromatic rings. The number of aromatic amines is 1. The van der Waals surface area contributed by atoms with Crippen LogP contribution in [0.15, 0.2) is 6.20 Å². The number of nitrogens with two attached hydrogens (primary N) is 1. The Hall–Kier alpha value is -1.76. The Morgan fingerprint density at radius 2 is 2.29 bits per heavy atom. The van der Waals surface area contributed by atoms with Gasteiger partial charge in [0.05, 0.1) is 6.20 Å². The summed E-state index contributed by atoms with van der Waals surface area (Å²) in [7, 11) is 1.87. The maximum Gasteiger partial charge on any atom is 0.156 e. The zero-order valence-electron chi connectivity index (χ0n) is 7.97. The summed E-state index contributed by atoms with van der Waals surface area (Å²) in [6.45, 7) is 1.87. The van der Waals surface area contributed by atoms with Crippen molar-refractivity contribution in [1.29, 1.82) is 0 Å². The smallest absolute Gasteiger partial charge is 0.156 e. The van der Waals surface area contributed by atoms with Crippen molar-refractivity contribution in [2.45, 2.75) is 13.0 Å². The second kappa shape index (κ2) is 3.18.